The van der Waals surface area contributed by atoms with E-state index < -0.39 is 23.8 Å². The summed E-state index contributed by atoms with van der Waals surface area (Å²) in [5, 5.41) is 16.5. The highest BCUT2D eigenvalue weighted by molar-refractivity contribution is 6.35. The number of H-pyrrole nitrogens is 1. The van der Waals surface area contributed by atoms with Crippen molar-refractivity contribution in [2.24, 2.45) is 13.0 Å². The Bertz CT molecular complexity index is 1380. The molecule has 2 heterocycles. The molecule has 0 bridgehead atoms. The number of carboxylic acid groups (broad SMARTS) is 1. The molecule has 1 saturated carbocycles. The largest absolute Gasteiger partial charge is 0.481 e. The average Bonchev–Trinajstić information content (AvgIpc) is 2.88. The van der Waals surface area contributed by atoms with Crippen LogP contribution in [-0.2, 0) is 22.8 Å². The van der Waals surface area contributed by atoms with Crippen LogP contribution in [0.15, 0.2) is 52.6 Å². The lowest BCUT2D eigenvalue weighted by atomic mass is 9.87. The van der Waals surface area contributed by atoms with Gasteiger partial charge in [0, 0.05) is 48.7 Å². The number of nitrogens with one attached hydrogen (secondary N) is 1. The third-order valence-corrected chi connectivity index (χ3v) is 8.09. The van der Waals surface area contributed by atoms with Gasteiger partial charge in [-0.1, -0.05) is 54.6 Å². The molecule has 1 aromatic carbocycles. The van der Waals surface area contributed by atoms with Crippen LogP contribution in [0.1, 0.15) is 82.9 Å². The van der Waals surface area contributed by atoms with Crippen LogP contribution < -0.4 is 9.80 Å². The average molecular weight is 659 g/mol. The Hall–Kier alpha value is -3.18. The zero-order chi connectivity index (χ0) is 32.8. The summed E-state index contributed by atoms with van der Waals surface area (Å²) in [6, 6.07) is 2.80. The molecule has 2 N–H and O–H groups in total. The molecule has 2 aromatic rings. The van der Waals surface area contributed by atoms with Gasteiger partial charge in [-0.3, -0.25) is 9.59 Å². The fourth-order valence-corrected chi connectivity index (χ4v) is 6.40. The molecule has 8 nitrogen and oxygen atoms in total. The van der Waals surface area contributed by atoms with Gasteiger partial charge in [0.15, 0.2) is 0 Å². The van der Waals surface area contributed by atoms with Crippen molar-refractivity contribution in [1.29, 1.82) is 0 Å². The maximum Gasteiger partial charge on any atom is 0.416 e. The van der Waals surface area contributed by atoms with Gasteiger partial charge in [-0.25, -0.2) is 9.90 Å². The van der Waals surface area contributed by atoms with Gasteiger partial charge < -0.3 is 14.9 Å². The molecule has 13 heteroatoms. The molecule has 44 heavy (non-hydrogen) atoms. The lowest BCUT2D eigenvalue weighted by Crippen LogP contribution is -2.47. The van der Waals surface area contributed by atoms with Crippen molar-refractivity contribution >= 4 is 46.7 Å². The molecule has 1 aliphatic heterocycles. The highest BCUT2D eigenvalue weighted by Crippen LogP contribution is 2.44. The molecular weight excluding hydrogens is 618 g/mol. The summed E-state index contributed by atoms with van der Waals surface area (Å²) in [5.41, 5.74) is 0.924. The number of fused-ring (bicyclic) bond motifs is 1. The highest BCUT2D eigenvalue weighted by Gasteiger charge is 2.39. The monoisotopic (exact) mass is 657 g/mol. The number of carbonyl (C=O) groups excluding carboxylic acids is 1. The lowest BCUT2D eigenvalue weighted by Gasteiger charge is -2.44. The number of aliphatic carboxylic acids is 1. The van der Waals surface area contributed by atoms with E-state index in [1.807, 2.05) is 18.7 Å². The Labute approximate surface area is 266 Å². The van der Waals surface area contributed by atoms with Crippen molar-refractivity contribution in [1.82, 2.24) is 15.0 Å². The molecule has 0 saturated heterocycles. The van der Waals surface area contributed by atoms with Crippen LogP contribution in [-0.4, -0.2) is 44.6 Å². The third kappa shape index (κ3) is 9.66. The van der Waals surface area contributed by atoms with Gasteiger partial charge in [0.1, 0.15) is 0 Å². The number of allylic oxidation sites excluding steroid dienone is 4. The number of amides is 1. The summed E-state index contributed by atoms with van der Waals surface area (Å²) in [6.45, 7) is 9.05. The molecular formula is C31H40Cl2F3N5O3. The van der Waals surface area contributed by atoms with Crippen LogP contribution in [0.5, 0.6) is 0 Å². The number of rotatable bonds is 8. The molecule has 0 spiro atoms. The number of carbonyl (C=O) groups is 2. The SMILES string of the molecule is C=C(Cl)/C=C(Cl)\C=C(/C)CN(c1nn(C)[nH]1)C1CC(C)N(C(C)=O)c2ccc(C(F)(F)F)cc21.O=C(O)CC1CCCCC1. The number of nitrogens with zero attached hydrogens (tertiary/aromatic N) is 4. The van der Waals surface area contributed by atoms with Gasteiger partial charge in [0.2, 0.25) is 11.9 Å². The van der Waals surface area contributed by atoms with Gasteiger partial charge in [-0.15, -0.1) is 5.10 Å². The van der Waals surface area contributed by atoms with Crippen LogP contribution in [0.3, 0.4) is 0 Å². The Balaban J connectivity index is 0.000000448. The maximum absolute atomic E-state index is 13.6. The first-order valence-corrected chi connectivity index (χ1v) is 15.3. The summed E-state index contributed by atoms with van der Waals surface area (Å²) in [6.07, 6.45) is 5.53. The van der Waals surface area contributed by atoms with Crippen LogP contribution >= 0.6 is 23.2 Å². The molecule has 0 radical (unpaired) electrons. The molecule has 1 aliphatic carbocycles. The van der Waals surface area contributed by atoms with Crippen molar-refractivity contribution in [3.63, 3.8) is 0 Å². The summed E-state index contributed by atoms with van der Waals surface area (Å²) >= 11 is 12.0. The number of hydrogen-bond acceptors (Lipinski definition) is 4. The summed E-state index contributed by atoms with van der Waals surface area (Å²) in [7, 11) is 1.72. The number of alkyl halides is 3. The maximum atomic E-state index is 13.6. The predicted molar refractivity (Wildman–Crippen MR) is 168 cm³/mol. The number of carboxylic acids is 1. The standard InChI is InChI=1S/C23H26Cl2F3N5O.C8H14O2/c1-13(8-18(25)9-14(2)24)12-32(22-29-31(5)30-22)21-10-15(3)33(16(4)34)20-7-6-17(11-19(20)21)23(26,27)28;9-8(10)6-7-4-2-1-3-5-7/h6-9,11,15,21H,2,10,12H2,1,3-5H3,(H,29,30);7H,1-6H2,(H,9,10)/b13-8+,18-9+;. The minimum atomic E-state index is -4.51. The second-order valence-electron chi connectivity index (χ2n) is 11.5. The number of hydrogen-bond donors (Lipinski definition) is 2. The smallest absolute Gasteiger partial charge is 0.416 e. The molecule has 2 unspecified atom stereocenters. The van der Waals surface area contributed by atoms with Crippen molar-refractivity contribution < 1.29 is 27.9 Å². The summed E-state index contributed by atoms with van der Waals surface area (Å²) in [5.74, 6) is 0.124. The van der Waals surface area contributed by atoms with Gasteiger partial charge in [0.05, 0.1) is 11.6 Å². The zero-order valence-electron chi connectivity index (χ0n) is 25.4. The number of aromatic nitrogens is 3. The Kier molecular flexibility index (Phi) is 12.2. The minimum absolute atomic E-state index is 0.230. The van der Waals surface area contributed by atoms with E-state index in [2.05, 4.69) is 16.8 Å². The highest BCUT2D eigenvalue weighted by atomic mass is 35.5. The van der Waals surface area contributed by atoms with Crippen molar-refractivity contribution in [3.05, 3.63) is 63.7 Å². The quantitative estimate of drug-likeness (QED) is 0.278. The summed E-state index contributed by atoms with van der Waals surface area (Å²) in [4.78, 5) is 27.6. The van der Waals surface area contributed by atoms with E-state index in [4.69, 9.17) is 28.3 Å². The third-order valence-electron chi connectivity index (χ3n) is 7.76. The number of benzene rings is 1. The number of aromatic amines is 1. The van der Waals surface area contributed by atoms with E-state index in [0.29, 0.717) is 47.5 Å². The molecule has 1 amide bonds. The fraction of sp³-hybridized carbons (Fsp3) is 0.516. The second-order valence-corrected chi connectivity index (χ2v) is 12.4. The van der Waals surface area contributed by atoms with Gasteiger partial charge in [0.25, 0.3) is 0 Å². The molecule has 2 atom stereocenters. The minimum Gasteiger partial charge on any atom is -0.481 e. The first-order valence-electron chi connectivity index (χ1n) is 14.5. The number of anilines is 2. The Morgan fingerprint density at radius 2 is 1.82 bits per heavy atom. The van der Waals surface area contributed by atoms with Crippen molar-refractivity contribution in [2.45, 2.75) is 84.0 Å². The Morgan fingerprint density at radius 3 is 2.34 bits per heavy atom. The Morgan fingerprint density at radius 1 is 1.18 bits per heavy atom. The van der Waals surface area contributed by atoms with Crippen molar-refractivity contribution in [2.75, 3.05) is 16.3 Å². The molecule has 242 valence electrons. The molecule has 1 fully saturated rings. The molecule has 1 aromatic heterocycles. The first-order chi connectivity index (χ1) is 20.6. The normalized spacial score (nSPS) is 19.6. The topological polar surface area (TPSA) is 94.5 Å². The van der Waals surface area contributed by atoms with Crippen LogP contribution in [0, 0.1) is 5.92 Å². The van der Waals surface area contributed by atoms with E-state index in [9.17, 15) is 22.8 Å². The predicted octanol–water partition coefficient (Wildman–Crippen LogP) is 8.32. The van der Waals surface area contributed by atoms with Crippen LogP contribution in [0.4, 0.5) is 24.8 Å². The van der Waals surface area contributed by atoms with E-state index in [1.165, 1.54) is 43.1 Å². The van der Waals surface area contributed by atoms with Gasteiger partial charge >= 0.3 is 12.1 Å². The van der Waals surface area contributed by atoms with Gasteiger partial charge in [-0.2, -0.15) is 13.2 Å². The van der Waals surface area contributed by atoms with Gasteiger partial charge in [-0.05, 0) is 74.9 Å². The van der Waals surface area contributed by atoms with E-state index >= 15 is 0 Å². The number of halogens is 5. The summed E-state index contributed by atoms with van der Waals surface area (Å²) < 4.78 is 40.7. The van der Waals surface area contributed by atoms with E-state index in [-0.39, 0.29) is 17.0 Å². The van der Waals surface area contributed by atoms with E-state index in [0.717, 1.165) is 30.5 Å². The fourth-order valence-electron chi connectivity index (χ4n) is 5.91. The number of aryl methyl sites for hydroxylation is 1. The van der Waals surface area contributed by atoms with Crippen LogP contribution in [0.25, 0.3) is 0 Å². The zero-order valence-corrected chi connectivity index (χ0v) is 26.9. The second kappa shape index (κ2) is 15.2. The van der Waals surface area contributed by atoms with Crippen molar-refractivity contribution in [3.8, 4) is 0 Å². The first kappa shape index (κ1) is 35.3. The molecule has 2 aliphatic rings. The lowest BCUT2D eigenvalue weighted by molar-refractivity contribution is -0.139. The molecule has 4 rings (SSSR count). The van der Waals surface area contributed by atoms with Crippen LogP contribution in [0.2, 0.25) is 0 Å². The van der Waals surface area contributed by atoms with E-state index in [1.54, 1.807) is 18.0 Å².